The molecule has 0 aliphatic rings. The van der Waals surface area contributed by atoms with E-state index in [1.807, 2.05) is 0 Å². The largest absolute Gasteiger partial charge is 0.497 e. The van der Waals surface area contributed by atoms with Crippen LogP contribution >= 0.6 is 0 Å². The van der Waals surface area contributed by atoms with Crippen LogP contribution in [0.5, 0.6) is 5.75 Å². The van der Waals surface area contributed by atoms with Crippen LogP contribution in [0.2, 0.25) is 0 Å². The van der Waals surface area contributed by atoms with Crippen LogP contribution in [0.1, 0.15) is 16.1 Å². The third-order valence-electron chi connectivity index (χ3n) is 4.05. The summed E-state index contributed by atoms with van der Waals surface area (Å²) in [6.45, 7) is 0.313. The van der Waals surface area contributed by atoms with Crippen LogP contribution in [0.15, 0.2) is 76.2 Å². The van der Waals surface area contributed by atoms with E-state index in [2.05, 4.69) is 4.72 Å². The van der Waals surface area contributed by atoms with E-state index in [0.717, 1.165) is 0 Å². The van der Waals surface area contributed by atoms with E-state index >= 15 is 0 Å². The zero-order chi connectivity index (χ0) is 20.1. The van der Waals surface area contributed by atoms with Crippen molar-refractivity contribution in [1.82, 2.24) is 4.90 Å². The van der Waals surface area contributed by atoms with Gasteiger partial charge in [0.1, 0.15) is 11.5 Å². The van der Waals surface area contributed by atoms with Gasteiger partial charge in [0.25, 0.3) is 15.9 Å². The van der Waals surface area contributed by atoms with Gasteiger partial charge in [-0.2, -0.15) is 0 Å². The molecule has 3 rings (SSSR count). The zero-order valence-electron chi connectivity index (χ0n) is 15.5. The van der Waals surface area contributed by atoms with Gasteiger partial charge in [-0.1, -0.05) is 6.07 Å². The number of sulfonamides is 1. The molecule has 2 aromatic carbocycles. The van der Waals surface area contributed by atoms with E-state index in [-0.39, 0.29) is 10.8 Å². The topological polar surface area (TPSA) is 88.8 Å². The van der Waals surface area contributed by atoms with E-state index in [0.29, 0.717) is 29.3 Å². The molecule has 8 heteroatoms. The molecule has 0 fully saturated rings. The Morgan fingerprint density at radius 2 is 1.86 bits per heavy atom. The summed E-state index contributed by atoms with van der Waals surface area (Å²) < 4.78 is 37.9. The number of anilines is 1. The number of nitrogens with zero attached hydrogens (tertiary/aromatic N) is 1. The smallest absolute Gasteiger partial charge is 0.261 e. The van der Waals surface area contributed by atoms with Gasteiger partial charge in [0, 0.05) is 18.3 Å². The third-order valence-corrected chi connectivity index (χ3v) is 5.45. The SMILES string of the molecule is COc1ccc(S(=O)(=O)Nc2cccc(C(=O)N(C)Cc3ccco3)c2)cc1. The summed E-state index contributed by atoms with van der Waals surface area (Å²) in [5.74, 6) is 0.972. The van der Waals surface area contributed by atoms with Crippen molar-refractivity contribution in [3.63, 3.8) is 0 Å². The molecule has 0 aliphatic heterocycles. The number of rotatable bonds is 7. The number of hydrogen-bond acceptors (Lipinski definition) is 5. The van der Waals surface area contributed by atoms with Crippen LogP contribution < -0.4 is 9.46 Å². The predicted molar refractivity (Wildman–Crippen MR) is 105 cm³/mol. The Balaban J connectivity index is 1.75. The lowest BCUT2D eigenvalue weighted by Gasteiger charge is -2.16. The molecular formula is C20H20N2O5S. The van der Waals surface area contributed by atoms with E-state index in [4.69, 9.17) is 9.15 Å². The van der Waals surface area contributed by atoms with Crippen molar-refractivity contribution < 1.29 is 22.4 Å². The second kappa shape index (κ2) is 8.18. The predicted octanol–water partition coefficient (Wildman–Crippen LogP) is 3.36. The number of nitrogens with one attached hydrogen (secondary N) is 1. The summed E-state index contributed by atoms with van der Waals surface area (Å²) >= 11 is 0. The van der Waals surface area contributed by atoms with Gasteiger partial charge in [0.2, 0.25) is 0 Å². The highest BCUT2D eigenvalue weighted by molar-refractivity contribution is 7.92. The molecular weight excluding hydrogens is 380 g/mol. The molecule has 7 nitrogen and oxygen atoms in total. The van der Waals surface area contributed by atoms with Crippen molar-refractivity contribution in [2.75, 3.05) is 18.9 Å². The number of benzene rings is 2. The first-order valence-electron chi connectivity index (χ1n) is 8.44. The molecule has 0 saturated carbocycles. The Labute approximate surface area is 163 Å². The molecule has 146 valence electrons. The normalized spacial score (nSPS) is 11.1. The molecule has 3 aromatic rings. The first kappa shape index (κ1) is 19.5. The standard InChI is InChI=1S/C20H20N2O5S/c1-22(14-18-7-4-12-27-18)20(23)15-5-3-6-16(13-15)21-28(24,25)19-10-8-17(26-2)9-11-19/h3-13,21H,14H2,1-2H3. The van der Waals surface area contributed by atoms with E-state index in [9.17, 15) is 13.2 Å². The quantitative estimate of drug-likeness (QED) is 0.657. The maximum absolute atomic E-state index is 12.6. The summed E-state index contributed by atoms with van der Waals surface area (Å²) in [6, 6.07) is 15.9. The van der Waals surface area contributed by atoms with Gasteiger partial charge in [-0.15, -0.1) is 0 Å². The second-order valence-electron chi connectivity index (χ2n) is 6.10. The first-order chi connectivity index (χ1) is 13.4. The molecule has 0 radical (unpaired) electrons. The van der Waals surface area contributed by atoms with Gasteiger partial charge in [0.15, 0.2) is 0 Å². The van der Waals surface area contributed by atoms with Crippen molar-refractivity contribution in [2.24, 2.45) is 0 Å². The molecule has 0 aliphatic carbocycles. The molecule has 1 N–H and O–H groups in total. The Hall–Kier alpha value is -3.26. The van der Waals surface area contributed by atoms with E-state index in [1.165, 1.54) is 30.2 Å². The number of amides is 1. The summed E-state index contributed by atoms with van der Waals surface area (Å²) in [7, 11) is -0.629. The average Bonchev–Trinajstić information content (AvgIpc) is 3.20. The minimum absolute atomic E-state index is 0.0972. The third kappa shape index (κ3) is 4.52. The highest BCUT2D eigenvalue weighted by atomic mass is 32.2. The van der Waals surface area contributed by atoms with Gasteiger partial charge >= 0.3 is 0 Å². The molecule has 0 spiro atoms. The Kier molecular flexibility index (Phi) is 5.70. The highest BCUT2D eigenvalue weighted by Crippen LogP contribution is 2.20. The second-order valence-corrected chi connectivity index (χ2v) is 7.78. The lowest BCUT2D eigenvalue weighted by Crippen LogP contribution is -2.26. The summed E-state index contributed by atoms with van der Waals surface area (Å²) in [5.41, 5.74) is 0.664. The van der Waals surface area contributed by atoms with Crippen molar-refractivity contribution in [3.05, 3.63) is 78.3 Å². The van der Waals surface area contributed by atoms with Crippen LogP contribution in [-0.4, -0.2) is 33.4 Å². The number of furan rings is 1. The molecule has 1 heterocycles. The zero-order valence-corrected chi connectivity index (χ0v) is 16.3. The van der Waals surface area contributed by atoms with E-state index < -0.39 is 10.0 Å². The van der Waals surface area contributed by atoms with Crippen LogP contribution in [0.4, 0.5) is 5.69 Å². The summed E-state index contributed by atoms with van der Waals surface area (Å²) in [4.78, 5) is 14.2. The highest BCUT2D eigenvalue weighted by Gasteiger charge is 2.17. The first-order valence-corrected chi connectivity index (χ1v) is 9.92. The van der Waals surface area contributed by atoms with Crippen molar-refractivity contribution in [3.8, 4) is 5.75 Å². The fourth-order valence-electron chi connectivity index (χ4n) is 2.61. The number of carbonyl (C=O) groups excluding carboxylic acids is 1. The maximum atomic E-state index is 12.6. The van der Waals surface area contributed by atoms with Crippen LogP contribution in [-0.2, 0) is 16.6 Å². The monoisotopic (exact) mass is 400 g/mol. The fourth-order valence-corrected chi connectivity index (χ4v) is 3.66. The maximum Gasteiger partial charge on any atom is 0.261 e. The minimum atomic E-state index is -3.79. The molecule has 0 atom stereocenters. The van der Waals surface area contributed by atoms with Crippen LogP contribution in [0.3, 0.4) is 0 Å². The van der Waals surface area contributed by atoms with Crippen molar-refractivity contribution in [2.45, 2.75) is 11.4 Å². The van der Waals surface area contributed by atoms with Crippen LogP contribution in [0.25, 0.3) is 0 Å². The lowest BCUT2D eigenvalue weighted by atomic mass is 10.2. The van der Waals surface area contributed by atoms with Gasteiger partial charge in [0.05, 0.1) is 24.8 Å². The number of methoxy groups -OCH3 is 1. The van der Waals surface area contributed by atoms with Crippen molar-refractivity contribution in [1.29, 1.82) is 0 Å². The average molecular weight is 400 g/mol. The molecule has 28 heavy (non-hydrogen) atoms. The van der Waals surface area contributed by atoms with Crippen LogP contribution in [0, 0.1) is 0 Å². The summed E-state index contributed by atoms with van der Waals surface area (Å²) in [6.07, 6.45) is 1.54. The van der Waals surface area contributed by atoms with Crippen molar-refractivity contribution >= 4 is 21.6 Å². The van der Waals surface area contributed by atoms with Gasteiger partial charge in [-0.3, -0.25) is 9.52 Å². The van der Waals surface area contributed by atoms with Gasteiger partial charge < -0.3 is 14.1 Å². The molecule has 1 aromatic heterocycles. The van der Waals surface area contributed by atoms with Gasteiger partial charge in [-0.25, -0.2) is 8.42 Å². The Bertz CT molecular complexity index is 1040. The molecule has 0 saturated heterocycles. The fraction of sp³-hybridized carbons (Fsp3) is 0.150. The van der Waals surface area contributed by atoms with E-state index in [1.54, 1.807) is 55.8 Å². The Morgan fingerprint density at radius 1 is 1.11 bits per heavy atom. The molecule has 0 unspecified atom stereocenters. The Morgan fingerprint density at radius 3 is 2.50 bits per heavy atom. The summed E-state index contributed by atoms with van der Waals surface area (Å²) in [5, 5.41) is 0. The number of carbonyl (C=O) groups is 1. The molecule has 1 amide bonds. The van der Waals surface area contributed by atoms with Gasteiger partial charge in [-0.05, 0) is 54.6 Å². The number of hydrogen-bond donors (Lipinski definition) is 1. The molecule has 0 bridgehead atoms. The minimum Gasteiger partial charge on any atom is -0.497 e. The number of ether oxygens (including phenoxy) is 1. The lowest BCUT2D eigenvalue weighted by molar-refractivity contribution is 0.0775.